The molecule has 8 heteroatoms. The quantitative estimate of drug-likeness (QED) is 0.687. The van der Waals surface area contributed by atoms with E-state index in [4.69, 9.17) is 4.74 Å². The van der Waals surface area contributed by atoms with E-state index in [1.54, 1.807) is 37.4 Å². The molecule has 0 unspecified atom stereocenters. The zero-order valence-corrected chi connectivity index (χ0v) is 14.0. The van der Waals surface area contributed by atoms with Crippen LogP contribution in [0.25, 0.3) is 11.5 Å². The molecule has 0 saturated heterocycles. The first-order chi connectivity index (χ1) is 12.2. The summed E-state index contributed by atoms with van der Waals surface area (Å²) in [7, 11) is 1.88. The standard InChI is InChI=1S/C17H18N6O2/c1-3-25-17(24)12-5-4-6-13(9-12)19-10-15-21-22-16(23(15)2)14-7-8-18-11-20-14/h4-9,11,19H,3,10H2,1-2H3. The summed E-state index contributed by atoms with van der Waals surface area (Å²) >= 11 is 0. The van der Waals surface area contributed by atoms with Crippen molar-refractivity contribution < 1.29 is 9.53 Å². The highest BCUT2D eigenvalue weighted by atomic mass is 16.5. The van der Waals surface area contributed by atoms with Gasteiger partial charge in [-0.1, -0.05) is 6.07 Å². The van der Waals surface area contributed by atoms with Gasteiger partial charge in [0.1, 0.15) is 12.0 Å². The number of carbonyl (C=O) groups is 1. The van der Waals surface area contributed by atoms with Gasteiger partial charge in [0, 0.05) is 18.9 Å². The molecule has 0 fully saturated rings. The van der Waals surface area contributed by atoms with E-state index in [1.165, 1.54) is 6.33 Å². The number of nitrogens with one attached hydrogen (secondary N) is 1. The minimum atomic E-state index is -0.337. The van der Waals surface area contributed by atoms with Gasteiger partial charge in [0.15, 0.2) is 11.6 Å². The molecular formula is C17H18N6O2. The Hall–Kier alpha value is -3.29. The number of rotatable bonds is 6. The number of ether oxygens (including phenoxy) is 1. The summed E-state index contributed by atoms with van der Waals surface area (Å²) in [5.74, 6) is 1.07. The molecule has 3 aromatic rings. The fraction of sp³-hybridized carbons (Fsp3) is 0.235. The van der Waals surface area contributed by atoms with Crippen molar-refractivity contribution in [2.75, 3.05) is 11.9 Å². The Labute approximate surface area is 144 Å². The van der Waals surface area contributed by atoms with Gasteiger partial charge in [0.2, 0.25) is 0 Å². The van der Waals surface area contributed by atoms with Crippen LogP contribution in [0.15, 0.2) is 42.9 Å². The van der Waals surface area contributed by atoms with Gasteiger partial charge in [-0.3, -0.25) is 0 Å². The van der Waals surface area contributed by atoms with Crippen LogP contribution in [0.2, 0.25) is 0 Å². The fourth-order valence-electron chi connectivity index (χ4n) is 2.31. The maximum Gasteiger partial charge on any atom is 0.338 e. The topological polar surface area (TPSA) is 94.8 Å². The van der Waals surface area contributed by atoms with E-state index >= 15 is 0 Å². The molecule has 0 spiro atoms. The van der Waals surface area contributed by atoms with Crippen molar-refractivity contribution in [3.05, 3.63) is 54.2 Å². The molecule has 8 nitrogen and oxygen atoms in total. The van der Waals surface area contributed by atoms with Gasteiger partial charge in [-0.15, -0.1) is 10.2 Å². The van der Waals surface area contributed by atoms with Gasteiger partial charge in [0.05, 0.1) is 18.7 Å². The molecule has 0 saturated carbocycles. The Morgan fingerprint density at radius 3 is 2.92 bits per heavy atom. The van der Waals surface area contributed by atoms with E-state index in [1.807, 2.05) is 17.7 Å². The molecule has 0 amide bonds. The highest BCUT2D eigenvalue weighted by Gasteiger charge is 2.12. The summed E-state index contributed by atoms with van der Waals surface area (Å²) < 4.78 is 6.88. The molecule has 2 aromatic heterocycles. The number of benzene rings is 1. The van der Waals surface area contributed by atoms with E-state index in [0.717, 1.165) is 11.5 Å². The maximum absolute atomic E-state index is 11.8. The predicted octanol–water partition coefficient (Wildman–Crippen LogP) is 2.06. The van der Waals surface area contributed by atoms with Crippen LogP contribution in [-0.4, -0.2) is 37.3 Å². The summed E-state index contributed by atoms with van der Waals surface area (Å²) in [5, 5.41) is 11.6. The molecule has 1 aromatic carbocycles. The molecule has 2 heterocycles. The Morgan fingerprint density at radius 2 is 2.16 bits per heavy atom. The van der Waals surface area contributed by atoms with Gasteiger partial charge in [-0.05, 0) is 31.2 Å². The zero-order valence-electron chi connectivity index (χ0n) is 14.0. The van der Waals surface area contributed by atoms with Crippen molar-refractivity contribution in [2.24, 2.45) is 7.05 Å². The maximum atomic E-state index is 11.8. The smallest absolute Gasteiger partial charge is 0.338 e. The van der Waals surface area contributed by atoms with Gasteiger partial charge in [0.25, 0.3) is 0 Å². The van der Waals surface area contributed by atoms with Crippen LogP contribution < -0.4 is 5.32 Å². The molecule has 0 bridgehead atoms. The van der Waals surface area contributed by atoms with E-state index in [9.17, 15) is 4.79 Å². The fourth-order valence-corrected chi connectivity index (χ4v) is 2.31. The second-order valence-electron chi connectivity index (χ2n) is 5.25. The molecule has 25 heavy (non-hydrogen) atoms. The number of anilines is 1. The highest BCUT2D eigenvalue weighted by molar-refractivity contribution is 5.90. The number of nitrogens with zero attached hydrogens (tertiary/aromatic N) is 5. The number of hydrogen-bond acceptors (Lipinski definition) is 7. The lowest BCUT2D eigenvalue weighted by Gasteiger charge is -2.08. The van der Waals surface area contributed by atoms with E-state index in [2.05, 4.69) is 25.5 Å². The van der Waals surface area contributed by atoms with Crippen molar-refractivity contribution in [3.8, 4) is 11.5 Å². The normalized spacial score (nSPS) is 10.5. The third-order valence-electron chi connectivity index (χ3n) is 3.60. The van der Waals surface area contributed by atoms with E-state index in [0.29, 0.717) is 30.2 Å². The van der Waals surface area contributed by atoms with Crippen molar-refractivity contribution >= 4 is 11.7 Å². The molecule has 3 rings (SSSR count). The van der Waals surface area contributed by atoms with Crippen LogP contribution in [-0.2, 0) is 18.3 Å². The summed E-state index contributed by atoms with van der Waals surface area (Å²) in [6.07, 6.45) is 3.14. The van der Waals surface area contributed by atoms with Crippen molar-refractivity contribution in [1.82, 2.24) is 24.7 Å². The monoisotopic (exact) mass is 338 g/mol. The third kappa shape index (κ3) is 3.79. The SMILES string of the molecule is CCOC(=O)c1cccc(NCc2nnc(-c3ccncn3)n2C)c1. The molecule has 128 valence electrons. The second-order valence-corrected chi connectivity index (χ2v) is 5.25. The third-order valence-corrected chi connectivity index (χ3v) is 3.60. The number of esters is 1. The van der Waals surface area contributed by atoms with Gasteiger partial charge in [-0.2, -0.15) is 0 Å². The predicted molar refractivity (Wildman–Crippen MR) is 91.8 cm³/mol. The lowest BCUT2D eigenvalue weighted by Crippen LogP contribution is -2.08. The van der Waals surface area contributed by atoms with Gasteiger partial charge < -0.3 is 14.6 Å². The van der Waals surface area contributed by atoms with Crippen molar-refractivity contribution in [3.63, 3.8) is 0 Å². The lowest BCUT2D eigenvalue weighted by atomic mass is 10.2. The molecule has 0 aliphatic rings. The van der Waals surface area contributed by atoms with E-state index in [-0.39, 0.29) is 5.97 Å². The van der Waals surface area contributed by atoms with Crippen molar-refractivity contribution in [1.29, 1.82) is 0 Å². The number of carbonyl (C=O) groups excluding carboxylic acids is 1. The van der Waals surface area contributed by atoms with Crippen LogP contribution >= 0.6 is 0 Å². The minimum absolute atomic E-state index is 0.337. The first kappa shape index (κ1) is 16.6. The van der Waals surface area contributed by atoms with Crippen LogP contribution in [0.5, 0.6) is 0 Å². The van der Waals surface area contributed by atoms with E-state index < -0.39 is 0 Å². The summed E-state index contributed by atoms with van der Waals surface area (Å²) in [6.45, 7) is 2.59. The average molecular weight is 338 g/mol. The number of aromatic nitrogens is 5. The summed E-state index contributed by atoms with van der Waals surface area (Å²) in [4.78, 5) is 19.9. The molecule has 0 aliphatic carbocycles. The Balaban J connectivity index is 1.71. The molecule has 1 N–H and O–H groups in total. The first-order valence-corrected chi connectivity index (χ1v) is 7.84. The van der Waals surface area contributed by atoms with Gasteiger partial charge >= 0.3 is 5.97 Å². The second kappa shape index (κ2) is 7.52. The van der Waals surface area contributed by atoms with Crippen molar-refractivity contribution in [2.45, 2.75) is 13.5 Å². The molecule has 0 aliphatic heterocycles. The Kier molecular flexibility index (Phi) is 4.98. The largest absolute Gasteiger partial charge is 0.462 e. The molecule has 0 radical (unpaired) electrons. The summed E-state index contributed by atoms with van der Waals surface area (Å²) in [6, 6.07) is 8.93. The van der Waals surface area contributed by atoms with Crippen LogP contribution in [0.4, 0.5) is 5.69 Å². The van der Waals surface area contributed by atoms with Crippen LogP contribution in [0.1, 0.15) is 23.1 Å². The van der Waals surface area contributed by atoms with Gasteiger partial charge in [-0.25, -0.2) is 14.8 Å². The van der Waals surface area contributed by atoms with Crippen LogP contribution in [0, 0.1) is 0 Å². The minimum Gasteiger partial charge on any atom is -0.462 e. The molecular weight excluding hydrogens is 320 g/mol. The lowest BCUT2D eigenvalue weighted by molar-refractivity contribution is 0.0526. The molecule has 0 atom stereocenters. The Bertz CT molecular complexity index is 863. The average Bonchev–Trinajstić information content (AvgIpc) is 3.02. The number of hydrogen-bond donors (Lipinski definition) is 1. The summed E-state index contributed by atoms with van der Waals surface area (Å²) in [5.41, 5.74) is 2.02. The first-order valence-electron chi connectivity index (χ1n) is 7.84. The Morgan fingerprint density at radius 1 is 1.28 bits per heavy atom. The highest BCUT2D eigenvalue weighted by Crippen LogP contribution is 2.16. The zero-order chi connectivity index (χ0) is 17.6. The van der Waals surface area contributed by atoms with Crippen LogP contribution in [0.3, 0.4) is 0 Å².